The highest BCUT2D eigenvalue weighted by Crippen LogP contribution is 2.34. The highest BCUT2D eigenvalue weighted by molar-refractivity contribution is 5.87. The third kappa shape index (κ3) is 5.96. The molecule has 3 aromatic rings. The monoisotopic (exact) mass is 510 g/mol. The SMILES string of the molecule is CCOC(=O)Cn1c2c(c3cc(F)ccc31)C[C@@H](N(CCOC)C(=O)CCc1ccccc1OC)CC2. The van der Waals surface area contributed by atoms with E-state index in [1.165, 1.54) is 12.1 Å². The zero-order chi connectivity index (χ0) is 26.4. The summed E-state index contributed by atoms with van der Waals surface area (Å²) in [7, 11) is 3.26. The fraction of sp³-hybridized carbons (Fsp3) is 0.448. The number of para-hydroxylation sites is 1. The minimum Gasteiger partial charge on any atom is -0.496 e. The number of aryl methyl sites for hydroxylation is 1. The van der Waals surface area contributed by atoms with Gasteiger partial charge in [0.05, 0.1) is 20.3 Å². The Labute approximate surface area is 217 Å². The van der Waals surface area contributed by atoms with Crippen molar-refractivity contribution in [3.8, 4) is 5.75 Å². The summed E-state index contributed by atoms with van der Waals surface area (Å²) in [4.78, 5) is 27.7. The molecule has 1 amide bonds. The first kappa shape index (κ1) is 26.7. The fourth-order valence-corrected chi connectivity index (χ4v) is 5.38. The van der Waals surface area contributed by atoms with Gasteiger partial charge in [0.2, 0.25) is 5.91 Å². The molecule has 0 radical (unpaired) electrons. The molecular weight excluding hydrogens is 475 g/mol. The third-order valence-electron chi connectivity index (χ3n) is 7.09. The van der Waals surface area contributed by atoms with Crippen LogP contribution in [0.5, 0.6) is 5.75 Å². The van der Waals surface area contributed by atoms with Gasteiger partial charge in [-0.05, 0) is 68.0 Å². The van der Waals surface area contributed by atoms with Gasteiger partial charge in [-0.3, -0.25) is 9.59 Å². The van der Waals surface area contributed by atoms with Crippen LogP contribution in [0, 0.1) is 5.82 Å². The molecule has 0 N–H and O–H groups in total. The predicted octanol–water partition coefficient (Wildman–Crippen LogP) is 4.32. The van der Waals surface area contributed by atoms with Crippen molar-refractivity contribution in [1.29, 1.82) is 0 Å². The number of hydrogen-bond donors (Lipinski definition) is 0. The summed E-state index contributed by atoms with van der Waals surface area (Å²) in [5.41, 5.74) is 3.81. The molecular formula is C29H35FN2O5. The van der Waals surface area contributed by atoms with Gasteiger partial charge in [-0.25, -0.2) is 4.39 Å². The van der Waals surface area contributed by atoms with Crippen LogP contribution in [0.3, 0.4) is 0 Å². The number of esters is 1. The van der Waals surface area contributed by atoms with E-state index in [1.807, 2.05) is 33.7 Å². The number of nitrogens with zero attached hydrogens (tertiary/aromatic N) is 2. The van der Waals surface area contributed by atoms with Crippen LogP contribution in [-0.4, -0.2) is 61.4 Å². The topological polar surface area (TPSA) is 70.0 Å². The van der Waals surface area contributed by atoms with Crippen molar-refractivity contribution in [1.82, 2.24) is 9.47 Å². The first-order chi connectivity index (χ1) is 18.0. The normalized spacial score (nSPS) is 14.9. The summed E-state index contributed by atoms with van der Waals surface area (Å²) in [6.07, 6.45) is 2.95. The molecule has 0 saturated heterocycles. The quantitative estimate of drug-likeness (QED) is 0.360. The number of hydrogen-bond acceptors (Lipinski definition) is 5. The van der Waals surface area contributed by atoms with Gasteiger partial charge in [0.15, 0.2) is 0 Å². The van der Waals surface area contributed by atoms with Gasteiger partial charge in [0, 0.05) is 42.7 Å². The second-order valence-corrected chi connectivity index (χ2v) is 9.27. The lowest BCUT2D eigenvalue weighted by Gasteiger charge is -2.35. The van der Waals surface area contributed by atoms with E-state index in [1.54, 1.807) is 27.2 Å². The van der Waals surface area contributed by atoms with Crippen molar-refractivity contribution >= 4 is 22.8 Å². The molecule has 0 spiro atoms. The van der Waals surface area contributed by atoms with Crippen LogP contribution in [0.4, 0.5) is 4.39 Å². The molecule has 0 fully saturated rings. The number of halogens is 1. The Hall–Kier alpha value is -3.39. The molecule has 4 rings (SSSR count). The van der Waals surface area contributed by atoms with Crippen LogP contribution in [-0.2, 0) is 44.9 Å². The molecule has 1 aliphatic carbocycles. The summed E-state index contributed by atoms with van der Waals surface area (Å²) in [5, 5.41) is 0.789. The standard InChI is InChI=1S/C29H35FN2O5/c1-4-37-29(34)19-32-25-12-10-21(30)17-23(25)24-18-22(11-13-26(24)32)31(15-16-35-2)28(33)14-9-20-7-5-6-8-27(20)36-3/h5-8,10,12,17,22H,4,9,11,13-16,18-19H2,1-3H3/t22-/m0/s1. The summed E-state index contributed by atoms with van der Waals surface area (Å²) in [6, 6.07) is 12.4. The fourth-order valence-electron chi connectivity index (χ4n) is 5.38. The highest BCUT2D eigenvalue weighted by Gasteiger charge is 2.31. The van der Waals surface area contributed by atoms with E-state index in [9.17, 15) is 14.0 Å². The van der Waals surface area contributed by atoms with E-state index in [4.69, 9.17) is 14.2 Å². The second kappa shape index (κ2) is 12.2. The molecule has 1 atom stereocenters. The number of aromatic nitrogens is 1. The van der Waals surface area contributed by atoms with Gasteiger partial charge in [-0.1, -0.05) is 18.2 Å². The van der Waals surface area contributed by atoms with Gasteiger partial charge in [0.25, 0.3) is 0 Å². The molecule has 198 valence electrons. The lowest BCUT2D eigenvalue weighted by Crippen LogP contribution is -2.45. The summed E-state index contributed by atoms with van der Waals surface area (Å²) in [5.74, 6) is 0.187. The Kier molecular flexibility index (Phi) is 8.82. The number of benzene rings is 2. The number of rotatable bonds is 11. The van der Waals surface area contributed by atoms with Crippen molar-refractivity contribution < 1.29 is 28.2 Å². The lowest BCUT2D eigenvalue weighted by molar-refractivity contribution is -0.143. The third-order valence-corrected chi connectivity index (χ3v) is 7.09. The number of methoxy groups -OCH3 is 2. The van der Waals surface area contributed by atoms with Crippen molar-refractivity contribution in [2.24, 2.45) is 0 Å². The van der Waals surface area contributed by atoms with Crippen LogP contribution in [0.15, 0.2) is 42.5 Å². The van der Waals surface area contributed by atoms with Gasteiger partial charge in [0.1, 0.15) is 18.1 Å². The first-order valence-corrected chi connectivity index (χ1v) is 12.8. The van der Waals surface area contributed by atoms with Gasteiger partial charge in [-0.15, -0.1) is 0 Å². The van der Waals surface area contributed by atoms with E-state index < -0.39 is 0 Å². The molecule has 1 aliphatic rings. The van der Waals surface area contributed by atoms with Crippen molar-refractivity contribution in [3.05, 3.63) is 65.1 Å². The molecule has 2 aromatic carbocycles. The maximum absolute atomic E-state index is 14.3. The van der Waals surface area contributed by atoms with Gasteiger partial charge in [-0.2, -0.15) is 0 Å². The zero-order valence-electron chi connectivity index (χ0n) is 21.8. The van der Waals surface area contributed by atoms with Gasteiger partial charge >= 0.3 is 5.97 Å². The number of fused-ring (bicyclic) bond motifs is 3. The second-order valence-electron chi connectivity index (χ2n) is 9.27. The number of carbonyl (C=O) groups is 2. The maximum Gasteiger partial charge on any atom is 0.325 e. The minimum absolute atomic E-state index is 0.0438. The molecule has 7 nitrogen and oxygen atoms in total. The molecule has 8 heteroatoms. The average Bonchev–Trinajstić information content (AvgIpc) is 3.19. The Morgan fingerprint density at radius 2 is 1.97 bits per heavy atom. The highest BCUT2D eigenvalue weighted by atomic mass is 19.1. The predicted molar refractivity (Wildman–Crippen MR) is 139 cm³/mol. The molecule has 0 unspecified atom stereocenters. The van der Waals surface area contributed by atoms with E-state index >= 15 is 0 Å². The Morgan fingerprint density at radius 3 is 2.73 bits per heavy atom. The zero-order valence-corrected chi connectivity index (χ0v) is 21.8. The number of carbonyl (C=O) groups excluding carboxylic acids is 2. The average molecular weight is 511 g/mol. The van der Waals surface area contributed by atoms with Crippen LogP contribution in [0.2, 0.25) is 0 Å². The van der Waals surface area contributed by atoms with Crippen molar-refractivity contribution in [2.45, 2.75) is 51.6 Å². The maximum atomic E-state index is 14.3. The molecule has 0 bridgehead atoms. The molecule has 37 heavy (non-hydrogen) atoms. The van der Waals surface area contributed by atoms with E-state index in [2.05, 4.69) is 0 Å². The lowest BCUT2D eigenvalue weighted by atomic mass is 9.90. The Balaban J connectivity index is 1.59. The van der Waals surface area contributed by atoms with E-state index in [-0.39, 0.29) is 30.3 Å². The largest absolute Gasteiger partial charge is 0.496 e. The van der Waals surface area contributed by atoms with E-state index in [0.717, 1.165) is 39.9 Å². The van der Waals surface area contributed by atoms with Crippen LogP contribution in [0.1, 0.15) is 36.6 Å². The Morgan fingerprint density at radius 1 is 1.16 bits per heavy atom. The summed E-state index contributed by atoms with van der Waals surface area (Å²) in [6.45, 7) is 3.09. The van der Waals surface area contributed by atoms with Crippen molar-refractivity contribution in [3.63, 3.8) is 0 Å². The molecule has 0 saturated carbocycles. The van der Waals surface area contributed by atoms with Crippen molar-refractivity contribution in [2.75, 3.05) is 34.0 Å². The smallest absolute Gasteiger partial charge is 0.325 e. The number of ether oxygens (including phenoxy) is 3. The van der Waals surface area contributed by atoms with Crippen LogP contribution in [0.25, 0.3) is 10.9 Å². The molecule has 1 aromatic heterocycles. The molecule has 0 aliphatic heterocycles. The van der Waals surface area contributed by atoms with Gasteiger partial charge < -0.3 is 23.7 Å². The molecule has 1 heterocycles. The first-order valence-electron chi connectivity index (χ1n) is 12.8. The summed E-state index contributed by atoms with van der Waals surface area (Å²) < 4.78 is 32.2. The number of amides is 1. The van der Waals surface area contributed by atoms with Crippen LogP contribution < -0.4 is 4.74 Å². The summed E-state index contributed by atoms with van der Waals surface area (Å²) >= 11 is 0. The minimum atomic E-state index is -0.324. The Bertz CT molecular complexity index is 1250. The van der Waals surface area contributed by atoms with Crippen LogP contribution >= 0.6 is 0 Å². The van der Waals surface area contributed by atoms with E-state index in [0.29, 0.717) is 45.4 Å².